The largest absolute Gasteiger partial charge is 0.288 e. The van der Waals surface area contributed by atoms with Gasteiger partial charge in [-0.1, -0.05) is 62.4 Å². The molecule has 0 atom stereocenters. The van der Waals surface area contributed by atoms with Gasteiger partial charge >= 0.3 is 0 Å². The lowest BCUT2D eigenvalue weighted by atomic mass is 9.92. The normalized spacial score (nSPS) is 15.9. The van der Waals surface area contributed by atoms with Crippen LogP contribution in [0.2, 0.25) is 0 Å². The summed E-state index contributed by atoms with van der Waals surface area (Å²) in [5, 5.41) is 3.86. The molecule has 0 aliphatic heterocycles. The third-order valence-corrected chi connectivity index (χ3v) is 5.27. The van der Waals surface area contributed by atoms with Crippen molar-refractivity contribution in [3.05, 3.63) is 68.5 Å². The van der Waals surface area contributed by atoms with Crippen molar-refractivity contribution in [1.82, 2.24) is 0 Å². The fourth-order valence-corrected chi connectivity index (χ4v) is 4.14. The third-order valence-electron chi connectivity index (χ3n) is 4.14. The van der Waals surface area contributed by atoms with Crippen LogP contribution in [0.1, 0.15) is 13.8 Å². The molecule has 1 aliphatic rings. The topological polar surface area (TPSA) is 17.1 Å². The van der Waals surface area contributed by atoms with Gasteiger partial charge in [0.05, 0.1) is 0 Å². The lowest BCUT2D eigenvalue weighted by Crippen LogP contribution is -2.38. The van der Waals surface area contributed by atoms with E-state index in [0.29, 0.717) is 0 Å². The molecule has 4 rings (SSSR count). The van der Waals surface area contributed by atoms with E-state index in [0.717, 1.165) is 30.6 Å². The summed E-state index contributed by atoms with van der Waals surface area (Å²) in [5.74, 6) is 0. The summed E-state index contributed by atoms with van der Waals surface area (Å²) in [6.07, 6.45) is 8.36. The molecular weight excluding hydrogens is 288 g/mol. The minimum absolute atomic E-state index is 0.105. The Balaban J connectivity index is 2.30. The summed E-state index contributed by atoms with van der Waals surface area (Å²) in [6, 6.07) is 12.3. The monoisotopic (exact) mass is 304 g/mol. The van der Waals surface area contributed by atoms with Crippen LogP contribution in [0.5, 0.6) is 0 Å². The Labute approximate surface area is 132 Å². The van der Waals surface area contributed by atoms with Crippen molar-refractivity contribution in [3.63, 3.8) is 0 Å². The van der Waals surface area contributed by atoms with E-state index in [1.54, 1.807) is 11.3 Å². The number of allylic oxidation sites excluding steroid dienone is 2. The fourth-order valence-electron chi connectivity index (χ4n) is 3.05. The maximum atomic E-state index is 13.2. The molecule has 2 heteroatoms. The van der Waals surface area contributed by atoms with E-state index in [-0.39, 0.29) is 10.8 Å². The highest BCUT2D eigenvalue weighted by Gasteiger charge is 2.14. The van der Waals surface area contributed by atoms with Crippen LogP contribution in [0.15, 0.2) is 53.3 Å². The molecule has 3 aromatic rings. The van der Waals surface area contributed by atoms with Gasteiger partial charge in [0.2, 0.25) is 0 Å². The highest BCUT2D eigenvalue weighted by molar-refractivity contribution is 7.16. The molecule has 2 aromatic carbocycles. The first-order valence-corrected chi connectivity index (χ1v) is 8.24. The lowest BCUT2D eigenvalue weighted by molar-refractivity contribution is 0.670. The van der Waals surface area contributed by atoms with Gasteiger partial charge in [-0.3, -0.25) is 4.79 Å². The minimum atomic E-state index is -0.105. The number of hydrogen-bond donors (Lipinski definition) is 0. The van der Waals surface area contributed by atoms with Gasteiger partial charge in [-0.15, -0.1) is 11.3 Å². The Morgan fingerprint density at radius 1 is 1.05 bits per heavy atom. The van der Waals surface area contributed by atoms with Crippen molar-refractivity contribution >= 4 is 44.3 Å². The van der Waals surface area contributed by atoms with Gasteiger partial charge in [-0.05, 0) is 22.9 Å². The summed E-state index contributed by atoms with van der Waals surface area (Å²) in [4.78, 5) is 13.2. The summed E-state index contributed by atoms with van der Waals surface area (Å²) in [6.45, 7) is 4.26. The molecule has 0 unspecified atom stereocenters. The van der Waals surface area contributed by atoms with Gasteiger partial charge < -0.3 is 0 Å². The van der Waals surface area contributed by atoms with Gasteiger partial charge in [0.15, 0.2) is 5.43 Å². The zero-order valence-electron chi connectivity index (χ0n) is 12.6. The molecule has 0 N–H and O–H groups in total. The Morgan fingerprint density at radius 2 is 1.86 bits per heavy atom. The number of hydrogen-bond acceptors (Lipinski definition) is 2. The van der Waals surface area contributed by atoms with Crippen LogP contribution in [-0.4, -0.2) is 0 Å². The second-order valence-corrected chi connectivity index (χ2v) is 7.44. The van der Waals surface area contributed by atoms with E-state index in [9.17, 15) is 4.79 Å². The maximum absolute atomic E-state index is 13.2. The molecule has 1 aromatic heterocycles. The smallest absolute Gasteiger partial charge is 0.196 e. The van der Waals surface area contributed by atoms with E-state index < -0.39 is 0 Å². The van der Waals surface area contributed by atoms with Gasteiger partial charge in [0.1, 0.15) is 0 Å². The standard InChI is InChI=1S/C20H16OS/c1-20(2)11-5-8-16-15(12-20)19(21)18-14-7-4-3-6-13(14)9-10-17(18)22-16/h3-12H,1-2H3. The second-order valence-electron chi connectivity index (χ2n) is 6.36. The van der Waals surface area contributed by atoms with Crippen molar-refractivity contribution < 1.29 is 0 Å². The van der Waals surface area contributed by atoms with Gasteiger partial charge in [0.25, 0.3) is 0 Å². The molecule has 0 fully saturated rings. The highest BCUT2D eigenvalue weighted by atomic mass is 32.1. The van der Waals surface area contributed by atoms with E-state index >= 15 is 0 Å². The molecule has 0 saturated carbocycles. The average molecular weight is 304 g/mol. The quantitative estimate of drug-likeness (QED) is 0.580. The predicted octanol–water partition coefficient (Wildman–Crippen LogP) is 3.57. The van der Waals surface area contributed by atoms with Crippen LogP contribution < -0.4 is 15.2 Å². The minimum Gasteiger partial charge on any atom is -0.288 e. The van der Waals surface area contributed by atoms with E-state index in [1.165, 1.54) is 0 Å². The zero-order chi connectivity index (χ0) is 15.3. The van der Waals surface area contributed by atoms with Crippen LogP contribution >= 0.6 is 11.3 Å². The molecule has 22 heavy (non-hydrogen) atoms. The number of benzene rings is 2. The van der Waals surface area contributed by atoms with Crippen molar-refractivity contribution in [2.75, 3.05) is 0 Å². The first kappa shape index (κ1) is 13.5. The Kier molecular flexibility index (Phi) is 2.85. The first-order valence-electron chi connectivity index (χ1n) is 7.42. The van der Waals surface area contributed by atoms with Crippen molar-refractivity contribution in [3.8, 4) is 0 Å². The fraction of sp³-hybridized carbons (Fsp3) is 0.150. The van der Waals surface area contributed by atoms with Crippen LogP contribution in [-0.2, 0) is 0 Å². The summed E-state index contributed by atoms with van der Waals surface area (Å²) in [5.41, 5.74) is 0.0416. The summed E-state index contributed by atoms with van der Waals surface area (Å²) < 4.78 is 2.11. The third kappa shape index (κ3) is 2.03. The summed E-state index contributed by atoms with van der Waals surface area (Å²) in [7, 11) is 0. The molecule has 0 amide bonds. The predicted molar refractivity (Wildman–Crippen MR) is 96.7 cm³/mol. The molecule has 0 radical (unpaired) electrons. The van der Waals surface area contributed by atoms with Gasteiger partial charge in [-0.2, -0.15) is 0 Å². The molecular formula is C20H16OS. The second kappa shape index (κ2) is 4.65. The van der Waals surface area contributed by atoms with Crippen molar-refractivity contribution in [2.24, 2.45) is 5.41 Å². The van der Waals surface area contributed by atoms with E-state index in [4.69, 9.17) is 0 Å². The molecule has 0 spiro atoms. The van der Waals surface area contributed by atoms with E-state index in [1.807, 2.05) is 18.2 Å². The molecule has 108 valence electrons. The maximum Gasteiger partial charge on any atom is 0.196 e. The Bertz CT molecular complexity index is 1110. The Morgan fingerprint density at radius 3 is 2.73 bits per heavy atom. The van der Waals surface area contributed by atoms with Crippen LogP contribution in [0.4, 0.5) is 0 Å². The lowest BCUT2D eigenvalue weighted by Gasteiger charge is -2.12. The van der Waals surface area contributed by atoms with Gasteiger partial charge in [0, 0.05) is 25.3 Å². The molecule has 0 bridgehead atoms. The van der Waals surface area contributed by atoms with Crippen molar-refractivity contribution in [1.29, 1.82) is 0 Å². The number of fused-ring (bicyclic) bond motifs is 4. The van der Waals surface area contributed by atoms with Crippen molar-refractivity contribution in [2.45, 2.75) is 13.8 Å². The molecule has 1 heterocycles. The first-order chi connectivity index (χ1) is 10.6. The Hall–Kier alpha value is -2.19. The van der Waals surface area contributed by atoms with Crippen LogP contribution in [0.3, 0.4) is 0 Å². The highest BCUT2D eigenvalue weighted by Crippen LogP contribution is 2.24. The molecule has 1 nitrogen and oxygen atoms in total. The van der Waals surface area contributed by atoms with E-state index in [2.05, 4.69) is 56.4 Å². The van der Waals surface area contributed by atoms with Gasteiger partial charge in [-0.25, -0.2) is 0 Å². The molecule has 1 aliphatic carbocycles. The summed E-state index contributed by atoms with van der Waals surface area (Å²) >= 11 is 1.69. The number of rotatable bonds is 0. The van der Waals surface area contributed by atoms with Crippen LogP contribution in [0, 0.1) is 5.41 Å². The molecule has 0 saturated heterocycles. The van der Waals surface area contributed by atoms with Crippen LogP contribution in [0.25, 0.3) is 33.0 Å². The average Bonchev–Trinajstić information content (AvgIpc) is 2.65. The zero-order valence-corrected chi connectivity index (χ0v) is 13.4. The SMILES string of the molecule is CC1(C)C=CC=c2sc3ccc4ccccc4c3c(=O)c2=C1.